The summed E-state index contributed by atoms with van der Waals surface area (Å²) in [4.78, 5) is 0. The Morgan fingerprint density at radius 2 is 0.963 bits per heavy atom. The van der Waals surface area contributed by atoms with E-state index >= 15 is 0 Å². The second kappa shape index (κ2) is 23.9. The first-order valence-electron chi connectivity index (χ1n) is 27.8. The van der Waals surface area contributed by atoms with Crippen molar-refractivity contribution in [2.24, 2.45) is 0 Å². The van der Waals surface area contributed by atoms with E-state index in [2.05, 4.69) is 137 Å². The molecule has 20 heteroatoms. The summed E-state index contributed by atoms with van der Waals surface area (Å²) in [6.45, 7) is 23.0. The molecule has 0 aliphatic carbocycles. The molecule has 8 N–H and O–H groups in total. The molecule has 1 unspecified atom stereocenters. The number of nitrogens with zero attached hydrogens (tertiary/aromatic N) is 11. The maximum absolute atomic E-state index is 10.5. The Kier molecular flexibility index (Phi) is 17.0. The van der Waals surface area contributed by atoms with Crippen LogP contribution in [0.2, 0.25) is 0 Å². The third-order valence-electron chi connectivity index (χ3n) is 14.6. The minimum absolute atomic E-state index is 0.0286. The van der Waals surface area contributed by atoms with Gasteiger partial charge in [-0.3, -0.25) is 0 Å². The summed E-state index contributed by atoms with van der Waals surface area (Å²) in [6.07, 6.45) is 13.1. The molecule has 5 aromatic heterocycles. The third kappa shape index (κ3) is 15.3. The molecule has 11 rings (SSSR count). The molecule has 1 atom stereocenters. The molecule has 3 fully saturated rings. The number of aromatic nitrogens is 10. The van der Waals surface area contributed by atoms with E-state index in [0.29, 0.717) is 57.3 Å². The quantitative estimate of drug-likeness (QED) is 0.0598. The zero-order chi connectivity index (χ0) is 58.5. The van der Waals surface area contributed by atoms with Crippen LogP contribution < -0.4 is 31.3 Å². The van der Waals surface area contributed by atoms with Crippen molar-refractivity contribution in [3.05, 3.63) is 133 Å². The van der Waals surface area contributed by atoms with Gasteiger partial charge in [-0.1, -0.05) is 0 Å². The van der Waals surface area contributed by atoms with Crippen LogP contribution in [0.15, 0.2) is 128 Å². The van der Waals surface area contributed by atoms with E-state index in [1.807, 2.05) is 85.2 Å². The molecule has 82 heavy (non-hydrogen) atoms. The summed E-state index contributed by atoms with van der Waals surface area (Å²) in [5, 5.41) is 91.6. The lowest BCUT2D eigenvalue weighted by Gasteiger charge is -2.46. The molecule has 20 nitrogen and oxygen atoms in total. The molecule has 8 heterocycles. The molecule has 0 saturated carbocycles. The molecule has 3 aliphatic heterocycles. The van der Waals surface area contributed by atoms with Gasteiger partial charge in [-0.15, -0.1) is 30.6 Å². The smallest absolute Gasteiger partial charge is 0.233 e. The molecule has 3 aliphatic rings. The van der Waals surface area contributed by atoms with Gasteiger partial charge in [0.05, 0.1) is 40.1 Å². The Labute approximate surface area is 479 Å². The van der Waals surface area contributed by atoms with Gasteiger partial charge in [-0.2, -0.15) is 15.5 Å². The molecule has 3 aromatic carbocycles. The summed E-state index contributed by atoms with van der Waals surface area (Å²) in [6, 6.07) is 33.0. The predicted molar refractivity (Wildman–Crippen MR) is 318 cm³/mol. The standard InChI is InChI=1S/C22H28N6O.C20H23N5O2.C20H25N5O/c1-21(2)13-15(14-22(3,4)27-21)24-20-9-8-18(25-26-20)17-7-6-16(12-19(17)29)28-11-5-10-23-28;1-20(2)13-15(8-10-21-20)27-19-7-6-17(23-24-19)16-5-4-14(12-18(16)26)25-11-3-9-22-25;1-19(2)10-14(11-20(3,4)25-19)22-18-8-7-16(23-24-18)15-6-5-13(12-21)9-17(15)26/h5-12,15,27,29H,13-14H2,1-4H3,(H,24,26);3-7,9,11-12,15,21,26H,8,10,13H2,1-2H3;5-9,14,25-26H,10-11H2,1-4H3,(H,22,24). The largest absolute Gasteiger partial charge is 0.507 e. The zero-order valence-electron chi connectivity index (χ0n) is 48.5. The van der Waals surface area contributed by atoms with Gasteiger partial charge in [-0.05, 0) is 193 Å². The van der Waals surface area contributed by atoms with Gasteiger partial charge >= 0.3 is 0 Å². The van der Waals surface area contributed by atoms with Crippen molar-refractivity contribution in [1.82, 2.24) is 66.1 Å². The van der Waals surface area contributed by atoms with E-state index in [4.69, 9.17) is 10.00 Å². The average Bonchev–Trinajstić information content (AvgIpc) is 4.23. The second-order valence-electron chi connectivity index (χ2n) is 24.8. The SMILES string of the molecule is CC1(C)CC(Nc2ccc(-c3ccc(-n4cccn4)cc3O)nn2)CC(C)(C)N1.CC1(C)CC(Nc2ccc(-c3ccc(C#N)cc3O)nn2)CC(C)(C)N1.CC1(C)CC(Oc2ccc(-c3ccc(-n4cccn4)cc3O)nn2)CCN1. The molecule has 0 bridgehead atoms. The van der Waals surface area contributed by atoms with Gasteiger partial charge < -0.3 is 46.6 Å². The van der Waals surface area contributed by atoms with E-state index in [-0.39, 0.29) is 51.0 Å². The summed E-state index contributed by atoms with van der Waals surface area (Å²) < 4.78 is 9.38. The second-order valence-corrected chi connectivity index (χ2v) is 24.8. The molecule has 3 saturated heterocycles. The number of phenolic OH excluding ortho intramolecular Hbond substituents is 3. The van der Waals surface area contributed by atoms with E-state index in [1.54, 1.807) is 52.1 Å². The van der Waals surface area contributed by atoms with Crippen LogP contribution in [0, 0.1) is 11.3 Å². The van der Waals surface area contributed by atoms with Gasteiger partial charge in [0, 0.05) is 106 Å². The predicted octanol–water partition coefficient (Wildman–Crippen LogP) is 10.1. The highest BCUT2D eigenvalue weighted by Crippen LogP contribution is 2.35. The molecule has 8 aromatic rings. The van der Waals surface area contributed by atoms with Gasteiger partial charge in [0.25, 0.3) is 0 Å². The van der Waals surface area contributed by atoms with Crippen molar-refractivity contribution >= 4 is 11.6 Å². The highest BCUT2D eigenvalue weighted by Gasteiger charge is 2.39. The van der Waals surface area contributed by atoms with E-state index in [9.17, 15) is 15.3 Å². The van der Waals surface area contributed by atoms with Crippen LogP contribution in [-0.2, 0) is 0 Å². The number of rotatable bonds is 11. The van der Waals surface area contributed by atoms with Gasteiger partial charge in [0.2, 0.25) is 5.88 Å². The fraction of sp³-hybridized carbons (Fsp3) is 0.403. The fourth-order valence-corrected chi connectivity index (χ4v) is 11.9. The Morgan fingerprint density at radius 3 is 1.33 bits per heavy atom. The minimum Gasteiger partial charge on any atom is -0.507 e. The van der Waals surface area contributed by atoms with Crippen LogP contribution in [-0.4, -0.2) is 118 Å². The third-order valence-corrected chi connectivity index (χ3v) is 14.6. The highest BCUT2D eigenvalue weighted by molar-refractivity contribution is 5.70. The number of nitrogens with one attached hydrogen (secondary N) is 5. The first-order chi connectivity index (χ1) is 38.9. The molecular weight excluding hydrogens is 1030 g/mol. The van der Waals surface area contributed by atoms with Gasteiger partial charge in [0.1, 0.15) is 35.0 Å². The van der Waals surface area contributed by atoms with Crippen molar-refractivity contribution in [2.45, 2.75) is 154 Å². The molecule has 0 radical (unpaired) electrons. The highest BCUT2D eigenvalue weighted by atomic mass is 16.5. The number of aromatic hydroxyl groups is 3. The number of anilines is 2. The normalized spacial score (nSPS) is 18.8. The van der Waals surface area contributed by atoms with Crippen LogP contribution >= 0.6 is 0 Å². The minimum atomic E-state index is 0.0286. The van der Waals surface area contributed by atoms with Crippen molar-refractivity contribution < 1.29 is 20.1 Å². The average molecular weight is 1110 g/mol. The maximum Gasteiger partial charge on any atom is 0.233 e. The lowest BCUT2D eigenvalue weighted by molar-refractivity contribution is 0.106. The molecule has 0 amide bonds. The van der Waals surface area contributed by atoms with Crippen molar-refractivity contribution in [3.8, 4) is 74.3 Å². The summed E-state index contributed by atoms with van der Waals surface area (Å²) in [7, 11) is 0. The summed E-state index contributed by atoms with van der Waals surface area (Å²) >= 11 is 0. The number of hydrogen-bond acceptors (Lipinski definition) is 18. The number of nitriles is 1. The van der Waals surface area contributed by atoms with Crippen molar-refractivity contribution in [1.29, 1.82) is 5.26 Å². The Bertz CT molecular complexity index is 3420. The fourth-order valence-electron chi connectivity index (χ4n) is 11.9. The summed E-state index contributed by atoms with van der Waals surface area (Å²) in [5.41, 5.74) is 5.91. The van der Waals surface area contributed by atoms with Crippen molar-refractivity contribution in [3.63, 3.8) is 0 Å². The number of phenols is 3. The number of piperidine rings is 3. The lowest BCUT2D eigenvalue weighted by atomic mass is 9.79. The van der Waals surface area contributed by atoms with Crippen LogP contribution in [0.5, 0.6) is 23.1 Å². The van der Waals surface area contributed by atoms with Crippen LogP contribution in [0.25, 0.3) is 45.1 Å². The van der Waals surface area contributed by atoms with E-state index < -0.39 is 0 Å². The number of hydrogen-bond donors (Lipinski definition) is 8. The van der Waals surface area contributed by atoms with E-state index in [1.165, 1.54) is 6.07 Å². The maximum atomic E-state index is 10.5. The number of ether oxygens (including phenoxy) is 1. The first kappa shape index (κ1) is 58.2. The monoisotopic (exact) mass is 1110 g/mol. The Morgan fingerprint density at radius 1 is 0.524 bits per heavy atom. The molecule has 428 valence electrons. The van der Waals surface area contributed by atoms with Gasteiger partial charge in [0.15, 0.2) is 0 Å². The van der Waals surface area contributed by atoms with Crippen LogP contribution in [0.3, 0.4) is 0 Å². The van der Waals surface area contributed by atoms with E-state index in [0.717, 1.165) is 68.1 Å². The van der Waals surface area contributed by atoms with Crippen LogP contribution in [0.4, 0.5) is 11.6 Å². The van der Waals surface area contributed by atoms with Crippen LogP contribution in [0.1, 0.15) is 113 Å². The van der Waals surface area contributed by atoms with Crippen molar-refractivity contribution in [2.75, 3.05) is 17.2 Å². The molecule has 0 spiro atoms. The topological polar surface area (TPSA) is 267 Å². The Hall–Kier alpha value is -8.51. The molecular formula is C62H76N16O4. The lowest BCUT2D eigenvalue weighted by Crippen LogP contribution is -2.60. The van der Waals surface area contributed by atoms with Gasteiger partial charge in [-0.25, -0.2) is 9.36 Å². The Balaban J connectivity index is 0.000000148. The number of benzene rings is 3. The zero-order valence-corrected chi connectivity index (χ0v) is 48.5. The first-order valence-corrected chi connectivity index (χ1v) is 27.8. The summed E-state index contributed by atoms with van der Waals surface area (Å²) in [5.74, 6) is 2.29.